The first kappa shape index (κ1) is 17.5. The molecular formula is C18H23NO6. The predicted molar refractivity (Wildman–Crippen MR) is 86.9 cm³/mol. The van der Waals surface area contributed by atoms with Crippen LogP contribution in [0.25, 0.3) is 0 Å². The van der Waals surface area contributed by atoms with E-state index in [1.165, 1.54) is 14.2 Å². The zero-order valence-electron chi connectivity index (χ0n) is 14.8. The van der Waals surface area contributed by atoms with Crippen LogP contribution in [0.5, 0.6) is 0 Å². The van der Waals surface area contributed by atoms with Crippen molar-refractivity contribution >= 4 is 17.9 Å². The number of rotatable bonds is 4. The predicted octanol–water partition coefficient (Wildman–Crippen LogP) is 0.950. The third-order valence-corrected chi connectivity index (χ3v) is 5.59. The summed E-state index contributed by atoms with van der Waals surface area (Å²) in [6, 6.07) is 0. The monoisotopic (exact) mass is 349 g/mol. The number of carbonyl (C=O) groups is 3. The molecule has 3 rings (SSSR count). The normalized spacial score (nSPS) is 31.2. The molecule has 3 aliphatic rings. The van der Waals surface area contributed by atoms with Crippen LogP contribution in [0.4, 0.5) is 0 Å². The van der Waals surface area contributed by atoms with Gasteiger partial charge in [0.15, 0.2) is 0 Å². The number of methoxy groups -OCH3 is 2. The highest BCUT2D eigenvalue weighted by Crippen LogP contribution is 2.57. The Morgan fingerprint density at radius 3 is 2.32 bits per heavy atom. The van der Waals surface area contributed by atoms with Gasteiger partial charge in [-0.1, -0.05) is 12.2 Å². The minimum atomic E-state index is -1.65. The molecule has 0 radical (unpaired) electrons. The molecule has 0 amide bonds. The van der Waals surface area contributed by atoms with E-state index in [1.807, 2.05) is 6.08 Å². The summed E-state index contributed by atoms with van der Waals surface area (Å²) in [6.45, 7) is 3.68. The molecule has 0 aromatic heterocycles. The van der Waals surface area contributed by atoms with Crippen molar-refractivity contribution in [2.24, 2.45) is 23.7 Å². The summed E-state index contributed by atoms with van der Waals surface area (Å²) in [6.07, 6.45) is 4.85. The molecule has 7 heteroatoms. The summed E-state index contributed by atoms with van der Waals surface area (Å²) in [5, 5.41) is 2.97. The van der Waals surface area contributed by atoms with Gasteiger partial charge in [0.25, 0.3) is 0 Å². The molecule has 4 atom stereocenters. The smallest absolute Gasteiger partial charge is 0.343 e. The van der Waals surface area contributed by atoms with Gasteiger partial charge in [0.1, 0.15) is 0 Å². The minimum Gasteiger partial charge on any atom is -0.467 e. The molecule has 2 aliphatic carbocycles. The fourth-order valence-electron chi connectivity index (χ4n) is 4.78. The molecule has 1 N–H and O–H groups in total. The lowest BCUT2D eigenvalue weighted by Gasteiger charge is -2.46. The van der Waals surface area contributed by atoms with E-state index in [2.05, 4.69) is 11.4 Å². The molecule has 0 spiro atoms. The van der Waals surface area contributed by atoms with E-state index in [4.69, 9.17) is 14.2 Å². The van der Waals surface area contributed by atoms with Crippen molar-refractivity contribution in [1.29, 1.82) is 0 Å². The van der Waals surface area contributed by atoms with Crippen molar-refractivity contribution in [2.75, 3.05) is 20.8 Å². The Morgan fingerprint density at radius 1 is 1.16 bits per heavy atom. The van der Waals surface area contributed by atoms with Crippen LogP contribution in [0.2, 0.25) is 0 Å². The number of nitrogens with one attached hydrogen (secondary N) is 1. The van der Waals surface area contributed by atoms with E-state index in [-0.39, 0.29) is 24.4 Å². The third kappa shape index (κ3) is 2.28. The fourth-order valence-corrected chi connectivity index (χ4v) is 4.78. The second-order valence-corrected chi connectivity index (χ2v) is 6.68. The number of esters is 3. The average Bonchev–Trinajstić information content (AvgIpc) is 3.21. The van der Waals surface area contributed by atoms with Gasteiger partial charge in [0, 0.05) is 17.5 Å². The van der Waals surface area contributed by atoms with Crippen LogP contribution in [-0.2, 0) is 28.6 Å². The lowest BCUT2D eigenvalue weighted by molar-refractivity contribution is -0.169. The number of carbonyl (C=O) groups excluding carboxylic acids is 3. The van der Waals surface area contributed by atoms with Gasteiger partial charge in [-0.2, -0.15) is 0 Å². The Kier molecular flexibility index (Phi) is 4.34. The number of ether oxygens (including phenoxy) is 3. The Bertz CT molecular complexity index is 663. The van der Waals surface area contributed by atoms with Crippen LogP contribution >= 0.6 is 0 Å². The SMILES string of the molecule is CCOC(=O)C1=C(C)NC(C(=O)OC)(C(=O)OC)C2C3C=CC(C3)C12. The maximum absolute atomic E-state index is 12.7. The minimum absolute atomic E-state index is 0.0155. The average molecular weight is 349 g/mol. The molecule has 0 aromatic rings. The molecule has 4 unspecified atom stereocenters. The van der Waals surface area contributed by atoms with Crippen LogP contribution in [0.3, 0.4) is 0 Å². The van der Waals surface area contributed by atoms with Gasteiger partial charge in [-0.15, -0.1) is 0 Å². The van der Waals surface area contributed by atoms with Gasteiger partial charge in [0.05, 0.1) is 26.4 Å². The van der Waals surface area contributed by atoms with E-state index in [9.17, 15) is 14.4 Å². The maximum Gasteiger partial charge on any atom is 0.343 e. The van der Waals surface area contributed by atoms with E-state index in [1.54, 1.807) is 13.8 Å². The Morgan fingerprint density at radius 2 is 1.76 bits per heavy atom. The number of hydrogen-bond acceptors (Lipinski definition) is 7. The second-order valence-electron chi connectivity index (χ2n) is 6.68. The van der Waals surface area contributed by atoms with Gasteiger partial charge in [0.2, 0.25) is 5.54 Å². The van der Waals surface area contributed by atoms with Gasteiger partial charge in [-0.25, -0.2) is 14.4 Å². The van der Waals surface area contributed by atoms with Gasteiger partial charge >= 0.3 is 17.9 Å². The van der Waals surface area contributed by atoms with Crippen LogP contribution in [0, 0.1) is 23.7 Å². The first-order valence-corrected chi connectivity index (χ1v) is 8.43. The molecule has 1 saturated carbocycles. The number of allylic oxidation sites excluding steroid dienone is 3. The number of hydrogen-bond donors (Lipinski definition) is 1. The molecule has 1 fully saturated rings. The summed E-state index contributed by atoms with van der Waals surface area (Å²) >= 11 is 0. The Balaban J connectivity index is 2.18. The van der Waals surface area contributed by atoms with Gasteiger partial charge < -0.3 is 19.5 Å². The van der Waals surface area contributed by atoms with Crippen LogP contribution in [-0.4, -0.2) is 44.3 Å². The van der Waals surface area contributed by atoms with E-state index >= 15 is 0 Å². The van der Waals surface area contributed by atoms with Crippen molar-refractivity contribution in [3.8, 4) is 0 Å². The lowest BCUT2D eigenvalue weighted by atomic mass is 9.64. The van der Waals surface area contributed by atoms with E-state index in [0.717, 1.165) is 6.42 Å². The lowest BCUT2D eigenvalue weighted by Crippen LogP contribution is -2.68. The zero-order valence-corrected chi connectivity index (χ0v) is 14.8. The second kappa shape index (κ2) is 6.20. The highest BCUT2D eigenvalue weighted by molar-refractivity contribution is 6.07. The first-order chi connectivity index (χ1) is 11.9. The molecule has 2 bridgehead atoms. The molecule has 7 nitrogen and oxygen atoms in total. The molecule has 1 aliphatic heterocycles. The summed E-state index contributed by atoms with van der Waals surface area (Å²) in [7, 11) is 2.49. The molecular weight excluding hydrogens is 326 g/mol. The Hall–Kier alpha value is -2.31. The standard InChI is InChI=1S/C18H23NO6/c1-5-25-15(20)12-9(2)19-18(16(21)23-3,17(22)24-4)14-11-7-6-10(8-11)13(12)14/h6-7,10-11,13-14,19H,5,8H2,1-4H3. The van der Waals surface area contributed by atoms with Crippen LogP contribution < -0.4 is 5.32 Å². The van der Waals surface area contributed by atoms with Gasteiger partial charge in [-0.05, 0) is 32.1 Å². The van der Waals surface area contributed by atoms with Crippen molar-refractivity contribution < 1.29 is 28.6 Å². The largest absolute Gasteiger partial charge is 0.467 e. The van der Waals surface area contributed by atoms with Crippen LogP contribution in [0.15, 0.2) is 23.4 Å². The van der Waals surface area contributed by atoms with Crippen molar-refractivity contribution in [3.63, 3.8) is 0 Å². The van der Waals surface area contributed by atoms with Crippen molar-refractivity contribution in [1.82, 2.24) is 5.32 Å². The molecule has 136 valence electrons. The summed E-state index contributed by atoms with van der Waals surface area (Å²) in [4.78, 5) is 38.0. The van der Waals surface area contributed by atoms with Crippen molar-refractivity contribution in [2.45, 2.75) is 25.8 Å². The molecule has 0 aromatic carbocycles. The fraction of sp³-hybridized carbons (Fsp3) is 0.611. The third-order valence-electron chi connectivity index (χ3n) is 5.59. The van der Waals surface area contributed by atoms with Crippen molar-refractivity contribution in [3.05, 3.63) is 23.4 Å². The molecule has 25 heavy (non-hydrogen) atoms. The summed E-state index contributed by atoms with van der Waals surface area (Å²) < 4.78 is 15.1. The molecule has 0 saturated heterocycles. The summed E-state index contributed by atoms with van der Waals surface area (Å²) in [5.41, 5.74) is -0.693. The van der Waals surface area contributed by atoms with E-state index in [0.29, 0.717) is 11.3 Å². The van der Waals surface area contributed by atoms with E-state index < -0.39 is 29.4 Å². The first-order valence-electron chi connectivity index (χ1n) is 8.43. The summed E-state index contributed by atoms with van der Waals surface area (Å²) in [5.74, 6) is -2.47. The van der Waals surface area contributed by atoms with Gasteiger partial charge in [-0.3, -0.25) is 0 Å². The van der Waals surface area contributed by atoms with Crippen LogP contribution in [0.1, 0.15) is 20.3 Å². The highest BCUT2D eigenvalue weighted by Gasteiger charge is 2.67. The zero-order chi connectivity index (χ0) is 18.4. The topological polar surface area (TPSA) is 90.9 Å². The quantitative estimate of drug-likeness (QED) is 0.350. The number of fused-ring (bicyclic) bond motifs is 5. The highest BCUT2D eigenvalue weighted by atomic mass is 16.5. The Labute approximate surface area is 146 Å². The maximum atomic E-state index is 12.7. The molecule has 1 heterocycles.